The van der Waals surface area contributed by atoms with E-state index in [9.17, 15) is 13.2 Å². The fourth-order valence-electron chi connectivity index (χ4n) is 2.83. The second-order valence-electron chi connectivity index (χ2n) is 6.52. The summed E-state index contributed by atoms with van der Waals surface area (Å²) < 4.78 is 38.5. The summed E-state index contributed by atoms with van der Waals surface area (Å²) in [6.45, 7) is 4.85. The maximum absolute atomic E-state index is 12.8. The van der Waals surface area contributed by atoms with Crippen LogP contribution in [0.5, 0.6) is 0 Å². The molecule has 0 radical (unpaired) electrons. The van der Waals surface area contributed by atoms with Gasteiger partial charge in [0.2, 0.25) is 0 Å². The Kier molecular flexibility index (Phi) is 7.11. The molecule has 2 heterocycles. The number of alkyl halides is 3. The minimum Gasteiger partial charge on any atom is -0.330 e. The zero-order chi connectivity index (χ0) is 19.2. The van der Waals surface area contributed by atoms with Crippen molar-refractivity contribution in [2.45, 2.75) is 51.9 Å². The third kappa shape index (κ3) is 6.07. The van der Waals surface area contributed by atoms with Gasteiger partial charge in [-0.05, 0) is 56.5 Å². The SMILES string of the molecule is Cc1cnc(CC(CCCN)NCc2cc(C(F)(F)F)ccn2)c(C)c1. The molecule has 4 nitrogen and oxygen atoms in total. The van der Waals surface area contributed by atoms with Crippen LogP contribution >= 0.6 is 0 Å². The fourth-order valence-corrected chi connectivity index (χ4v) is 2.83. The van der Waals surface area contributed by atoms with Crippen LogP contribution in [0.25, 0.3) is 0 Å². The Morgan fingerprint density at radius 1 is 1.19 bits per heavy atom. The summed E-state index contributed by atoms with van der Waals surface area (Å²) in [5, 5.41) is 3.31. The average molecular weight is 366 g/mol. The monoisotopic (exact) mass is 366 g/mol. The predicted octanol–water partition coefficient (Wildman–Crippen LogP) is 3.55. The highest BCUT2D eigenvalue weighted by Gasteiger charge is 2.30. The van der Waals surface area contributed by atoms with Gasteiger partial charge in [-0.15, -0.1) is 0 Å². The van der Waals surface area contributed by atoms with E-state index in [1.807, 2.05) is 20.0 Å². The number of halogens is 3. The maximum atomic E-state index is 12.8. The number of rotatable bonds is 8. The highest BCUT2D eigenvalue weighted by atomic mass is 19.4. The van der Waals surface area contributed by atoms with Gasteiger partial charge in [0.25, 0.3) is 0 Å². The highest BCUT2D eigenvalue weighted by molar-refractivity contribution is 5.24. The van der Waals surface area contributed by atoms with E-state index in [1.165, 1.54) is 6.20 Å². The van der Waals surface area contributed by atoms with Gasteiger partial charge in [-0.1, -0.05) is 6.07 Å². The molecule has 26 heavy (non-hydrogen) atoms. The summed E-state index contributed by atoms with van der Waals surface area (Å²) in [7, 11) is 0. The molecule has 0 fully saturated rings. The van der Waals surface area contributed by atoms with Crippen LogP contribution in [0.2, 0.25) is 0 Å². The second kappa shape index (κ2) is 9.09. The number of nitrogens with one attached hydrogen (secondary N) is 1. The van der Waals surface area contributed by atoms with Gasteiger partial charge in [0.15, 0.2) is 0 Å². The first-order chi connectivity index (χ1) is 12.3. The van der Waals surface area contributed by atoms with Gasteiger partial charge in [0.05, 0.1) is 11.3 Å². The van der Waals surface area contributed by atoms with Gasteiger partial charge in [0.1, 0.15) is 0 Å². The molecule has 142 valence electrons. The Balaban J connectivity index is 2.06. The smallest absolute Gasteiger partial charge is 0.330 e. The minimum absolute atomic E-state index is 0.0730. The molecule has 0 saturated heterocycles. The molecule has 0 aliphatic carbocycles. The molecule has 2 aromatic rings. The summed E-state index contributed by atoms with van der Waals surface area (Å²) in [5.41, 5.74) is 8.50. The van der Waals surface area contributed by atoms with E-state index < -0.39 is 11.7 Å². The van der Waals surface area contributed by atoms with Crippen molar-refractivity contribution in [3.05, 3.63) is 58.7 Å². The molecule has 0 aromatic carbocycles. The van der Waals surface area contributed by atoms with E-state index in [2.05, 4.69) is 21.4 Å². The van der Waals surface area contributed by atoms with Gasteiger partial charge >= 0.3 is 6.18 Å². The van der Waals surface area contributed by atoms with E-state index in [0.717, 1.165) is 41.8 Å². The van der Waals surface area contributed by atoms with Crippen LogP contribution in [0.1, 0.15) is 40.9 Å². The molecule has 2 aromatic heterocycles. The summed E-state index contributed by atoms with van der Waals surface area (Å²) in [5.74, 6) is 0. The largest absolute Gasteiger partial charge is 0.416 e. The van der Waals surface area contributed by atoms with Crippen LogP contribution < -0.4 is 11.1 Å². The van der Waals surface area contributed by atoms with Crippen molar-refractivity contribution in [3.8, 4) is 0 Å². The lowest BCUT2D eigenvalue weighted by Crippen LogP contribution is -2.32. The van der Waals surface area contributed by atoms with Crippen molar-refractivity contribution in [2.75, 3.05) is 6.54 Å². The molecule has 0 bridgehead atoms. The zero-order valence-electron chi connectivity index (χ0n) is 15.1. The van der Waals surface area contributed by atoms with Crippen molar-refractivity contribution in [3.63, 3.8) is 0 Å². The van der Waals surface area contributed by atoms with Crippen LogP contribution in [0.3, 0.4) is 0 Å². The normalized spacial score (nSPS) is 13.0. The lowest BCUT2D eigenvalue weighted by molar-refractivity contribution is -0.137. The molecular weight excluding hydrogens is 341 g/mol. The molecule has 7 heteroatoms. The Labute approximate surface area is 152 Å². The number of aryl methyl sites for hydroxylation is 2. The standard InChI is InChI=1S/C19H25F3N4/c1-13-8-14(2)18(26-11-13)10-16(4-3-6-23)25-12-17-9-15(5-7-24-17)19(20,21)22/h5,7-9,11,16,25H,3-4,6,10,12,23H2,1-2H3. The molecule has 0 amide bonds. The van der Waals surface area contributed by atoms with Crippen LogP contribution in [-0.4, -0.2) is 22.6 Å². The molecule has 0 aliphatic rings. The topological polar surface area (TPSA) is 63.8 Å². The Morgan fingerprint density at radius 2 is 1.96 bits per heavy atom. The third-order valence-electron chi connectivity index (χ3n) is 4.24. The van der Waals surface area contributed by atoms with Crippen LogP contribution in [0.15, 0.2) is 30.6 Å². The van der Waals surface area contributed by atoms with Gasteiger partial charge < -0.3 is 11.1 Å². The molecule has 1 unspecified atom stereocenters. The van der Waals surface area contributed by atoms with Crippen LogP contribution in [0.4, 0.5) is 13.2 Å². The van der Waals surface area contributed by atoms with E-state index >= 15 is 0 Å². The van der Waals surface area contributed by atoms with Crippen molar-refractivity contribution in [1.29, 1.82) is 0 Å². The van der Waals surface area contributed by atoms with Gasteiger partial charge in [0, 0.05) is 37.1 Å². The summed E-state index contributed by atoms with van der Waals surface area (Å²) in [4.78, 5) is 8.53. The van der Waals surface area contributed by atoms with Crippen molar-refractivity contribution < 1.29 is 13.2 Å². The van der Waals surface area contributed by atoms with Crippen LogP contribution in [0, 0.1) is 13.8 Å². The summed E-state index contributed by atoms with van der Waals surface area (Å²) in [6.07, 6.45) is 1.02. The predicted molar refractivity (Wildman–Crippen MR) is 95.6 cm³/mol. The number of hydrogen-bond acceptors (Lipinski definition) is 4. The first kappa shape index (κ1) is 20.3. The number of hydrogen-bond donors (Lipinski definition) is 2. The quantitative estimate of drug-likeness (QED) is 0.750. The second-order valence-corrected chi connectivity index (χ2v) is 6.52. The minimum atomic E-state index is -4.36. The van der Waals surface area contributed by atoms with E-state index in [4.69, 9.17) is 5.73 Å². The molecule has 1 atom stereocenters. The Hall–Kier alpha value is -1.99. The van der Waals surface area contributed by atoms with Gasteiger partial charge in [-0.25, -0.2) is 0 Å². The summed E-state index contributed by atoms with van der Waals surface area (Å²) >= 11 is 0. The van der Waals surface area contributed by atoms with Gasteiger partial charge in [-0.3, -0.25) is 9.97 Å². The first-order valence-corrected chi connectivity index (χ1v) is 8.67. The molecule has 0 spiro atoms. The molecular formula is C19H25F3N4. The number of aromatic nitrogens is 2. The Bertz CT molecular complexity index is 716. The molecule has 3 N–H and O–H groups in total. The molecule has 0 aliphatic heterocycles. The van der Waals surface area contributed by atoms with Crippen molar-refractivity contribution in [2.24, 2.45) is 5.73 Å². The number of nitrogens with zero attached hydrogens (tertiary/aromatic N) is 2. The Morgan fingerprint density at radius 3 is 2.62 bits per heavy atom. The third-order valence-corrected chi connectivity index (χ3v) is 4.24. The van der Waals surface area contributed by atoms with Crippen LogP contribution in [-0.2, 0) is 19.1 Å². The lowest BCUT2D eigenvalue weighted by Gasteiger charge is -2.19. The first-order valence-electron chi connectivity index (χ1n) is 8.67. The number of pyridine rings is 2. The van der Waals surface area contributed by atoms with E-state index in [0.29, 0.717) is 18.7 Å². The van der Waals surface area contributed by atoms with Crippen molar-refractivity contribution in [1.82, 2.24) is 15.3 Å². The van der Waals surface area contributed by atoms with E-state index in [1.54, 1.807) is 0 Å². The molecule has 0 saturated carbocycles. The number of nitrogens with two attached hydrogens (primary N) is 1. The zero-order valence-corrected chi connectivity index (χ0v) is 15.1. The van der Waals surface area contributed by atoms with E-state index in [-0.39, 0.29) is 12.6 Å². The maximum Gasteiger partial charge on any atom is 0.416 e. The fraction of sp³-hybridized carbons (Fsp3) is 0.474. The highest BCUT2D eigenvalue weighted by Crippen LogP contribution is 2.29. The summed E-state index contributed by atoms with van der Waals surface area (Å²) in [6, 6.07) is 4.22. The van der Waals surface area contributed by atoms with Gasteiger partial charge in [-0.2, -0.15) is 13.2 Å². The lowest BCUT2D eigenvalue weighted by atomic mass is 10.0. The average Bonchev–Trinajstić information content (AvgIpc) is 2.59. The molecule has 2 rings (SSSR count). The van der Waals surface area contributed by atoms with Crippen molar-refractivity contribution >= 4 is 0 Å².